The Kier molecular flexibility index (Phi) is 4.12. The molecule has 1 aromatic rings. The second-order valence-electron chi connectivity index (χ2n) is 5.12. The zero-order valence-electron chi connectivity index (χ0n) is 10.8. The van der Waals surface area contributed by atoms with Crippen LogP contribution in [0.5, 0.6) is 0 Å². The Morgan fingerprint density at radius 1 is 1.47 bits per heavy atom. The van der Waals surface area contributed by atoms with Gasteiger partial charge in [0.2, 0.25) is 5.89 Å². The van der Waals surface area contributed by atoms with E-state index in [4.69, 9.17) is 9.26 Å². The van der Waals surface area contributed by atoms with E-state index in [0.29, 0.717) is 12.0 Å². The molecule has 0 unspecified atom stereocenters. The lowest BCUT2D eigenvalue weighted by Crippen LogP contribution is -2.40. The van der Waals surface area contributed by atoms with Gasteiger partial charge >= 0.3 is 0 Å². The van der Waals surface area contributed by atoms with Crippen molar-refractivity contribution in [2.45, 2.75) is 39.8 Å². The predicted octanol–water partition coefficient (Wildman–Crippen LogP) is 1.49. The number of nitrogens with zero attached hydrogens (tertiary/aromatic N) is 3. The molecule has 1 atom stereocenters. The van der Waals surface area contributed by atoms with E-state index in [9.17, 15) is 0 Å². The van der Waals surface area contributed by atoms with Crippen LogP contribution in [0.25, 0.3) is 0 Å². The predicted molar refractivity (Wildman–Crippen MR) is 63.5 cm³/mol. The van der Waals surface area contributed by atoms with Crippen molar-refractivity contribution in [3.8, 4) is 0 Å². The number of hydrogen-bond acceptors (Lipinski definition) is 5. The van der Waals surface area contributed by atoms with Crippen LogP contribution in [0, 0.1) is 5.92 Å². The molecule has 0 bridgehead atoms. The number of rotatable bonds is 4. The second kappa shape index (κ2) is 5.60. The van der Waals surface area contributed by atoms with Crippen LogP contribution in [-0.2, 0) is 17.7 Å². The van der Waals surface area contributed by atoms with Crippen LogP contribution in [0.3, 0.4) is 0 Å². The maximum atomic E-state index is 5.50. The minimum absolute atomic E-state index is 0.293. The molecule has 96 valence electrons. The van der Waals surface area contributed by atoms with Gasteiger partial charge in [-0.15, -0.1) is 0 Å². The van der Waals surface area contributed by atoms with Crippen LogP contribution < -0.4 is 0 Å². The first-order chi connectivity index (χ1) is 8.13. The zero-order chi connectivity index (χ0) is 12.3. The average molecular weight is 239 g/mol. The number of hydrogen-bond donors (Lipinski definition) is 0. The van der Waals surface area contributed by atoms with Crippen molar-refractivity contribution in [2.75, 3.05) is 19.7 Å². The summed E-state index contributed by atoms with van der Waals surface area (Å²) in [6.07, 6.45) is 1.17. The van der Waals surface area contributed by atoms with Crippen LogP contribution in [0.4, 0.5) is 0 Å². The normalized spacial score (nSPS) is 22.2. The molecule has 1 aliphatic rings. The fraction of sp³-hybridized carbons (Fsp3) is 0.833. The van der Waals surface area contributed by atoms with Gasteiger partial charge in [0, 0.05) is 19.5 Å². The summed E-state index contributed by atoms with van der Waals surface area (Å²) in [6, 6.07) is 0. The third-order valence-corrected chi connectivity index (χ3v) is 2.79. The molecule has 0 N–H and O–H groups in total. The summed E-state index contributed by atoms with van der Waals surface area (Å²) >= 11 is 0. The molecule has 0 amide bonds. The fourth-order valence-electron chi connectivity index (χ4n) is 2.03. The number of morpholine rings is 1. The largest absolute Gasteiger partial charge is 0.376 e. The molecule has 5 nitrogen and oxygen atoms in total. The van der Waals surface area contributed by atoms with E-state index in [1.54, 1.807) is 0 Å². The summed E-state index contributed by atoms with van der Waals surface area (Å²) < 4.78 is 10.8. The number of ether oxygens (including phenoxy) is 1. The first-order valence-electron chi connectivity index (χ1n) is 6.29. The van der Waals surface area contributed by atoms with E-state index in [0.717, 1.165) is 44.4 Å². The van der Waals surface area contributed by atoms with Crippen LogP contribution >= 0.6 is 0 Å². The van der Waals surface area contributed by atoms with Crippen molar-refractivity contribution < 1.29 is 9.26 Å². The third-order valence-electron chi connectivity index (χ3n) is 2.79. The third kappa shape index (κ3) is 3.78. The highest BCUT2D eigenvalue weighted by atomic mass is 16.5. The molecule has 1 fully saturated rings. The van der Waals surface area contributed by atoms with Crippen molar-refractivity contribution in [3.05, 3.63) is 11.7 Å². The van der Waals surface area contributed by atoms with Crippen LogP contribution in [0.15, 0.2) is 4.52 Å². The lowest BCUT2D eigenvalue weighted by atomic mass is 10.1. The Hall–Kier alpha value is -0.940. The first-order valence-corrected chi connectivity index (χ1v) is 6.29. The van der Waals surface area contributed by atoms with Gasteiger partial charge in [0.05, 0.1) is 19.3 Å². The lowest BCUT2D eigenvalue weighted by molar-refractivity contribution is -0.0240. The SMILES string of the molecule is CC(C)Cc1noc(CN2CCO[C@@H](C)C2)n1. The molecule has 0 radical (unpaired) electrons. The van der Waals surface area contributed by atoms with Crippen LogP contribution in [0.1, 0.15) is 32.5 Å². The van der Waals surface area contributed by atoms with E-state index < -0.39 is 0 Å². The first kappa shape index (κ1) is 12.5. The van der Waals surface area contributed by atoms with Crippen molar-refractivity contribution >= 4 is 0 Å². The smallest absolute Gasteiger partial charge is 0.240 e. The molecule has 2 heterocycles. The van der Waals surface area contributed by atoms with Crippen molar-refractivity contribution in [3.63, 3.8) is 0 Å². The van der Waals surface area contributed by atoms with Gasteiger partial charge in [-0.05, 0) is 12.8 Å². The lowest BCUT2D eigenvalue weighted by Gasteiger charge is -2.29. The Balaban J connectivity index is 1.87. The molecule has 1 saturated heterocycles. The minimum Gasteiger partial charge on any atom is -0.376 e. The topological polar surface area (TPSA) is 51.4 Å². The standard InChI is InChI=1S/C12H21N3O2/c1-9(2)6-11-13-12(17-14-11)8-15-4-5-16-10(3)7-15/h9-10H,4-8H2,1-3H3/t10-/m0/s1. The Labute approximate surface area is 102 Å². The second-order valence-corrected chi connectivity index (χ2v) is 5.12. The summed E-state index contributed by atoms with van der Waals surface area (Å²) in [5, 5.41) is 4.00. The maximum absolute atomic E-state index is 5.50. The maximum Gasteiger partial charge on any atom is 0.240 e. The summed E-state index contributed by atoms with van der Waals surface area (Å²) in [5.41, 5.74) is 0. The molecular weight excluding hydrogens is 218 g/mol. The zero-order valence-corrected chi connectivity index (χ0v) is 10.8. The van der Waals surface area contributed by atoms with Gasteiger partial charge in [-0.1, -0.05) is 19.0 Å². The summed E-state index contributed by atoms with van der Waals surface area (Å²) in [6.45, 7) is 9.78. The number of aromatic nitrogens is 2. The van der Waals surface area contributed by atoms with E-state index in [2.05, 4.69) is 35.8 Å². The van der Waals surface area contributed by atoms with E-state index >= 15 is 0 Å². The van der Waals surface area contributed by atoms with Crippen molar-refractivity contribution in [1.29, 1.82) is 0 Å². The molecular formula is C12H21N3O2. The van der Waals surface area contributed by atoms with Gasteiger partial charge in [0.1, 0.15) is 0 Å². The molecule has 0 spiro atoms. The molecule has 0 aromatic carbocycles. The van der Waals surface area contributed by atoms with Crippen molar-refractivity contribution in [1.82, 2.24) is 15.0 Å². The molecule has 1 aromatic heterocycles. The van der Waals surface area contributed by atoms with Crippen molar-refractivity contribution in [2.24, 2.45) is 5.92 Å². The molecule has 5 heteroatoms. The fourth-order valence-corrected chi connectivity index (χ4v) is 2.03. The van der Waals surface area contributed by atoms with Crippen LogP contribution in [0.2, 0.25) is 0 Å². The highest BCUT2D eigenvalue weighted by Gasteiger charge is 2.19. The van der Waals surface area contributed by atoms with E-state index in [1.807, 2.05) is 0 Å². The van der Waals surface area contributed by atoms with Gasteiger partial charge < -0.3 is 9.26 Å². The molecule has 0 aliphatic carbocycles. The highest BCUT2D eigenvalue weighted by molar-refractivity contribution is 4.88. The molecule has 17 heavy (non-hydrogen) atoms. The van der Waals surface area contributed by atoms with E-state index in [-0.39, 0.29) is 0 Å². The summed E-state index contributed by atoms with van der Waals surface area (Å²) in [5.74, 6) is 2.09. The van der Waals surface area contributed by atoms with Gasteiger partial charge in [-0.25, -0.2) is 0 Å². The Morgan fingerprint density at radius 2 is 2.29 bits per heavy atom. The highest BCUT2D eigenvalue weighted by Crippen LogP contribution is 2.10. The molecule has 2 rings (SSSR count). The van der Waals surface area contributed by atoms with Gasteiger partial charge in [-0.2, -0.15) is 4.98 Å². The Bertz CT molecular complexity index is 351. The monoisotopic (exact) mass is 239 g/mol. The quantitative estimate of drug-likeness (QED) is 0.796. The Morgan fingerprint density at radius 3 is 3.00 bits per heavy atom. The van der Waals surface area contributed by atoms with Crippen LogP contribution in [-0.4, -0.2) is 40.8 Å². The summed E-state index contributed by atoms with van der Waals surface area (Å²) in [7, 11) is 0. The molecule has 1 aliphatic heterocycles. The summed E-state index contributed by atoms with van der Waals surface area (Å²) in [4.78, 5) is 6.70. The van der Waals surface area contributed by atoms with Gasteiger partial charge in [-0.3, -0.25) is 4.90 Å². The van der Waals surface area contributed by atoms with Gasteiger partial charge in [0.15, 0.2) is 5.82 Å². The average Bonchev–Trinajstić information content (AvgIpc) is 2.64. The van der Waals surface area contributed by atoms with E-state index in [1.165, 1.54) is 0 Å². The minimum atomic E-state index is 0.293. The van der Waals surface area contributed by atoms with Gasteiger partial charge in [0.25, 0.3) is 0 Å². The molecule has 0 saturated carbocycles.